The molecule has 8 aromatic carbocycles. The lowest BCUT2D eigenvalue weighted by molar-refractivity contribution is -0.165. The van der Waals surface area contributed by atoms with Crippen LogP contribution in [0, 0.1) is 83.1 Å². The number of carbonyl (C=O) groups is 8. The molecule has 6 N–H and O–H groups in total. The second kappa shape index (κ2) is 56.6. The van der Waals surface area contributed by atoms with E-state index in [0.717, 1.165) is 130 Å². The fourth-order valence-electron chi connectivity index (χ4n) is 16.8. The Balaban J connectivity index is 0.000000237. The number of aryl methyl sites for hydroxylation is 8. The minimum absolute atomic E-state index is 0.127. The summed E-state index contributed by atoms with van der Waals surface area (Å²) in [6.45, 7) is 62.4. The number of ether oxygens (including phenoxy) is 10. The van der Waals surface area contributed by atoms with Gasteiger partial charge in [0.05, 0.1) is 63.2 Å². The van der Waals surface area contributed by atoms with Crippen molar-refractivity contribution in [1.29, 1.82) is 0 Å². The smallest absolute Gasteiger partial charge is 0.491 e. The lowest BCUT2D eigenvalue weighted by atomic mass is 9.76. The van der Waals surface area contributed by atoms with Crippen LogP contribution < -0.4 is 57.0 Å². The summed E-state index contributed by atoms with van der Waals surface area (Å²) in [6.07, 6.45) is 8.67. The lowest BCUT2D eigenvalue weighted by Crippen LogP contribution is -2.56. The number of hydrogen-bond donors (Lipinski definition) is 6. The molecule has 7 amide bonds. The first-order valence-corrected chi connectivity index (χ1v) is 53.6. The molecule has 0 radical (unpaired) electrons. The first-order chi connectivity index (χ1) is 70.3. The van der Waals surface area contributed by atoms with Crippen LogP contribution in [-0.2, 0) is 42.4 Å². The molecule has 35 heteroatoms. The van der Waals surface area contributed by atoms with Gasteiger partial charge in [-0.1, -0.05) is 94.8 Å². The van der Waals surface area contributed by atoms with Gasteiger partial charge in [0.2, 0.25) is 0 Å². The van der Waals surface area contributed by atoms with Crippen molar-refractivity contribution in [2.24, 2.45) is 0 Å². The van der Waals surface area contributed by atoms with Crippen LogP contribution in [0.25, 0.3) is 0 Å². The normalized spacial score (nSPS) is 16.2. The Labute approximate surface area is 911 Å². The summed E-state index contributed by atoms with van der Waals surface area (Å²) in [6, 6.07) is 36.4. The minimum Gasteiger partial charge on any atom is -0.491 e. The van der Waals surface area contributed by atoms with Crippen LogP contribution in [0.5, 0.6) is 23.0 Å². The number of halogens is 3. The monoisotopic (exact) mass is 2220 g/mol. The van der Waals surface area contributed by atoms with Crippen LogP contribution in [0.2, 0.25) is 0 Å². The van der Waals surface area contributed by atoms with E-state index < -0.39 is 59.1 Å². The molecule has 0 aliphatic carbocycles. The molecule has 3 atom stereocenters. The average molecular weight is 2220 g/mol. The number of fused-ring (bicyclic) bond motifs is 1. The summed E-state index contributed by atoms with van der Waals surface area (Å²) in [7, 11) is -1.80. The number of benzene rings is 8. The van der Waals surface area contributed by atoms with Gasteiger partial charge in [0, 0.05) is 103 Å². The van der Waals surface area contributed by atoms with E-state index in [4.69, 9.17) is 72.9 Å². The van der Waals surface area contributed by atoms with Crippen LogP contribution in [0.1, 0.15) is 332 Å². The zero-order valence-electron chi connectivity index (χ0n) is 93.6. The summed E-state index contributed by atoms with van der Waals surface area (Å²) < 4.78 is 77.5. The topological polar surface area (TPSA) is 347 Å². The minimum atomic E-state index is -1.11. The number of rotatable bonds is 25. The van der Waals surface area contributed by atoms with E-state index >= 15 is 0 Å². The van der Waals surface area contributed by atoms with Crippen molar-refractivity contribution in [3.8, 4) is 23.0 Å². The molecule has 818 valence electrons. The van der Waals surface area contributed by atoms with Crippen molar-refractivity contribution in [3.05, 3.63) is 242 Å². The predicted octanol–water partition coefficient (Wildman–Crippen LogP) is 21.0. The number of amides is 7. The molecule has 3 unspecified atom stereocenters. The van der Waals surface area contributed by atoms with E-state index in [-0.39, 0.29) is 73.8 Å². The molecule has 0 bridgehead atoms. The standard InChI is InChI=1S/C34H49BN2O7.C28H37BrN2O5.C23H29BN2O5.C19H29BrN2O4.C9H9ClO.C2H6/c1-22-19-23(2)21-25(20-22)31(39)37(32(4,5)6)36-30(38)26-14-15-27(35-43-33(7,8)34(9,10)44-35)29(24(26)3)42-18-17-41-28-13-11-12-16-40-28;1-18-15-19(2)17-21(16-18)27(33)31(28(4,5)6)30-26(32)22-10-11-23(29)25(20(22)3)36-14-13-35-24-9-7-8-12-34-24;1-14-11-15(2)13-17(12-14)22(28)26(23(4,5)6)25-21(27)18-7-8-19-20(16(18)3)30-9-10-31-24(19)29;1-13-14(18(23)21-22-19(2,3)4)8-9-15(20)17(13)26-12-11-25-16-7-5-6-10-24-16;1-6-3-7(2)5-8(4-6)9(10)11;1-2/h14-15,19-21,28H,11-13,16-18H2,1-10H3,(H,36,38);10-11,15-17,24H,7-9,12-14H2,1-6H3,(H,30,32);7-8,11-13,29H,9-10H2,1-6H3,(H,25,27);8-9,16,22H,5-7,10-12H2,1-4H3,(H,21,23);3-5H,1-2H3;1-2H3. The molecule has 0 spiro atoms. The zero-order valence-corrected chi connectivity index (χ0v) is 97.5. The summed E-state index contributed by atoms with van der Waals surface area (Å²) in [5.74, 6) is -0.138. The Morgan fingerprint density at radius 2 is 0.693 bits per heavy atom. The lowest BCUT2D eigenvalue weighted by Gasteiger charge is -2.36. The third kappa shape index (κ3) is 36.8. The van der Waals surface area contributed by atoms with E-state index in [9.17, 15) is 43.4 Å². The van der Waals surface area contributed by atoms with Gasteiger partial charge in [0.25, 0.3) is 46.6 Å². The molecule has 0 saturated carbocycles. The van der Waals surface area contributed by atoms with Gasteiger partial charge in [-0.15, -0.1) is 0 Å². The molecule has 30 nitrogen and oxygen atoms in total. The van der Waals surface area contributed by atoms with Crippen molar-refractivity contribution in [2.75, 3.05) is 72.7 Å². The van der Waals surface area contributed by atoms with Crippen LogP contribution >= 0.6 is 43.5 Å². The van der Waals surface area contributed by atoms with E-state index in [0.29, 0.717) is 135 Å². The van der Waals surface area contributed by atoms with Gasteiger partial charge < -0.3 is 66.4 Å². The third-order valence-electron chi connectivity index (χ3n) is 24.9. The molecule has 0 aromatic heterocycles. The Bertz CT molecular complexity index is 5860. The number of hydrazine groups is 4. The summed E-state index contributed by atoms with van der Waals surface area (Å²) in [5, 5.41) is 13.9. The number of carbonyl (C=O) groups excluding carboxylic acids is 8. The van der Waals surface area contributed by atoms with Crippen LogP contribution in [0.4, 0.5) is 0 Å². The molecule has 5 aliphatic heterocycles. The van der Waals surface area contributed by atoms with Gasteiger partial charge in [0.15, 0.2) is 18.9 Å². The fraction of sp³-hybridized carbons (Fsp3) is 0.513. The van der Waals surface area contributed by atoms with Gasteiger partial charge in [-0.05, 0) is 380 Å². The molecule has 5 aliphatic rings. The van der Waals surface area contributed by atoms with Crippen molar-refractivity contribution >= 4 is 115 Å². The first-order valence-electron chi connectivity index (χ1n) is 51.6. The van der Waals surface area contributed by atoms with Crippen LogP contribution in [0.15, 0.2) is 130 Å². The molecule has 13 rings (SSSR count). The summed E-state index contributed by atoms with van der Waals surface area (Å²) in [4.78, 5) is 104. The van der Waals surface area contributed by atoms with E-state index in [2.05, 4.69) is 59.0 Å². The van der Waals surface area contributed by atoms with Crippen molar-refractivity contribution in [3.63, 3.8) is 0 Å². The van der Waals surface area contributed by atoms with Crippen molar-refractivity contribution < 1.29 is 105 Å². The molecular weight excluding hydrogens is 2060 g/mol. The second-order valence-electron chi connectivity index (χ2n) is 43.0. The third-order valence-corrected chi connectivity index (χ3v) is 26.4. The van der Waals surface area contributed by atoms with Crippen molar-refractivity contribution in [2.45, 2.75) is 318 Å². The Kier molecular flexibility index (Phi) is 47.2. The predicted molar refractivity (Wildman–Crippen MR) is 596 cm³/mol. The highest BCUT2D eigenvalue weighted by Crippen LogP contribution is 2.40. The summed E-state index contributed by atoms with van der Waals surface area (Å²) >= 11 is 12.3. The van der Waals surface area contributed by atoms with Crippen LogP contribution in [0.3, 0.4) is 0 Å². The van der Waals surface area contributed by atoms with Gasteiger partial charge in [0.1, 0.15) is 49.4 Å². The first kappa shape index (κ1) is 125. The molecular formula is C115H159B2Br2ClN8O22. The molecule has 8 aromatic rings. The largest absolute Gasteiger partial charge is 0.498 e. The molecule has 4 fully saturated rings. The highest BCUT2D eigenvalue weighted by atomic mass is 79.9. The Hall–Kier alpha value is -10.1. The molecule has 5 heterocycles. The highest BCUT2D eigenvalue weighted by Gasteiger charge is 2.53. The van der Waals surface area contributed by atoms with E-state index in [1.54, 1.807) is 61.5 Å². The van der Waals surface area contributed by atoms with Gasteiger partial charge in [-0.3, -0.25) is 60.1 Å². The van der Waals surface area contributed by atoms with E-state index in [1.165, 1.54) is 15.0 Å². The quantitative estimate of drug-likeness (QED) is 0.0134. The van der Waals surface area contributed by atoms with Gasteiger partial charge in [-0.25, -0.2) is 20.5 Å². The number of nitrogens with zero attached hydrogens (tertiary/aromatic N) is 3. The Morgan fingerprint density at radius 3 is 1.01 bits per heavy atom. The van der Waals surface area contributed by atoms with E-state index in [1.807, 2.05) is 268 Å². The number of hydrogen-bond acceptors (Lipinski definition) is 23. The van der Waals surface area contributed by atoms with Crippen LogP contribution in [-0.4, -0.2) is 206 Å². The van der Waals surface area contributed by atoms with Crippen molar-refractivity contribution in [1.82, 2.24) is 42.2 Å². The summed E-state index contributed by atoms with van der Waals surface area (Å²) in [5.41, 5.74) is 26.6. The highest BCUT2D eigenvalue weighted by molar-refractivity contribution is 9.11. The maximum atomic E-state index is 13.9. The molecule has 150 heavy (non-hydrogen) atoms. The second-order valence-corrected chi connectivity index (χ2v) is 45.0. The van der Waals surface area contributed by atoms with Gasteiger partial charge in [-0.2, -0.15) is 0 Å². The maximum Gasteiger partial charge on any atom is 0.498 e. The maximum absolute atomic E-state index is 13.9. The average Bonchev–Trinajstić information content (AvgIpc) is 1.61. The van der Waals surface area contributed by atoms with Gasteiger partial charge >= 0.3 is 14.2 Å². The Morgan fingerprint density at radius 1 is 0.393 bits per heavy atom. The fourth-order valence-corrected chi connectivity index (χ4v) is 18.0. The SMILES string of the molecule is CC.Cc1c(C(=O)NNC(C)(C)C)ccc(Br)c1OCCOC1CCCCO1.Cc1cc(C)cc(C(=O)Cl)c1.Cc1cc(C)cc(C(=O)N(NC(=O)c2ccc(B3OC(C)(C)C(C)(C)O3)c(OCCOC3CCCCO3)c2C)C(C)(C)C)c1.Cc1cc(C)cc(C(=O)N(NC(=O)c2ccc(Br)c(OCCOC3CCCCO3)c2C)C(C)(C)C)c1.Cc1cc(C)cc(C(=O)N(NC(=O)c2ccc3c(c2C)OCCOB3O)C(C)(C)C)c1. The number of nitrogens with one attached hydrogen (secondary N) is 5. The zero-order chi connectivity index (χ0) is 111. The molecule has 4 saturated heterocycles.